The molecule has 3 aromatic carbocycles. The topological polar surface area (TPSA) is 52.0 Å². The van der Waals surface area contributed by atoms with Gasteiger partial charge in [0.1, 0.15) is 0 Å². The molecule has 2 heteroatoms. The van der Waals surface area contributed by atoms with Crippen LogP contribution in [0.4, 0.5) is 11.4 Å². The molecule has 0 saturated heterocycles. The molecular formula is C35H50N2. The standard InChI is InChI=1S/C35H50N2/c1-2-3-4-5-6-7-8-9-10-11-12-13-14-15-16-29-17-19-30(20-18-29)35(31-21-25-33(36)26-22-31)32-23-27-34(37)28-24-32/h17-28,35H,2-16,36-37H2,1H3. The van der Waals surface area contributed by atoms with Crippen LogP contribution in [0.2, 0.25) is 0 Å². The van der Waals surface area contributed by atoms with Crippen molar-refractivity contribution in [2.75, 3.05) is 11.5 Å². The van der Waals surface area contributed by atoms with Gasteiger partial charge in [-0.3, -0.25) is 0 Å². The molecule has 0 heterocycles. The Bertz CT molecular complexity index is 928. The van der Waals surface area contributed by atoms with Gasteiger partial charge in [0.15, 0.2) is 0 Å². The van der Waals surface area contributed by atoms with Crippen LogP contribution in [-0.4, -0.2) is 0 Å². The number of benzene rings is 3. The summed E-state index contributed by atoms with van der Waals surface area (Å²) in [6.07, 6.45) is 20.9. The lowest BCUT2D eigenvalue weighted by Crippen LogP contribution is -2.04. The maximum Gasteiger partial charge on any atom is 0.0340 e. The lowest BCUT2D eigenvalue weighted by Gasteiger charge is -2.20. The number of unbranched alkanes of at least 4 members (excludes halogenated alkanes) is 13. The third-order valence-electron chi connectivity index (χ3n) is 7.67. The van der Waals surface area contributed by atoms with Crippen LogP contribution in [0.15, 0.2) is 72.8 Å². The van der Waals surface area contributed by atoms with E-state index in [4.69, 9.17) is 11.5 Å². The minimum absolute atomic E-state index is 0.177. The molecule has 0 bridgehead atoms. The molecule has 3 aromatic rings. The molecule has 0 atom stereocenters. The average molecular weight is 499 g/mol. The average Bonchev–Trinajstić information content (AvgIpc) is 2.92. The predicted molar refractivity (Wildman–Crippen MR) is 163 cm³/mol. The molecule has 0 fully saturated rings. The highest BCUT2D eigenvalue weighted by atomic mass is 14.5. The van der Waals surface area contributed by atoms with Crippen LogP contribution in [0.25, 0.3) is 0 Å². The smallest absolute Gasteiger partial charge is 0.0340 e. The first kappa shape index (κ1) is 28.8. The van der Waals surface area contributed by atoms with Crippen LogP contribution >= 0.6 is 0 Å². The van der Waals surface area contributed by atoms with Crippen LogP contribution in [0, 0.1) is 0 Å². The number of hydrogen-bond donors (Lipinski definition) is 2. The van der Waals surface area contributed by atoms with E-state index in [1.807, 2.05) is 24.3 Å². The molecule has 0 spiro atoms. The van der Waals surface area contributed by atoms with Crippen molar-refractivity contribution < 1.29 is 0 Å². The number of nitrogens with two attached hydrogens (primary N) is 2. The lowest BCUT2D eigenvalue weighted by atomic mass is 9.84. The summed E-state index contributed by atoms with van der Waals surface area (Å²) in [7, 11) is 0. The Morgan fingerprint density at radius 1 is 0.432 bits per heavy atom. The van der Waals surface area contributed by atoms with Crippen molar-refractivity contribution >= 4 is 11.4 Å². The van der Waals surface area contributed by atoms with Gasteiger partial charge in [-0.1, -0.05) is 139 Å². The van der Waals surface area contributed by atoms with Crippen LogP contribution < -0.4 is 11.5 Å². The van der Waals surface area contributed by atoms with E-state index >= 15 is 0 Å². The fraction of sp³-hybridized carbons (Fsp3) is 0.486. The first-order chi connectivity index (χ1) is 18.2. The van der Waals surface area contributed by atoms with Crippen LogP contribution in [0.3, 0.4) is 0 Å². The SMILES string of the molecule is CCCCCCCCCCCCCCCCc1ccc(C(c2ccc(N)cc2)c2ccc(N)cc2)cc1. The van der Waals surface area contributed by atoms with Gasteiger partial charge >= 0.3 is 0 Å². The van der Waals surface area contributed by atoms with Crippen molar-refractivity contribution in [2.24, 2.45) is 0 Å². The zero-order chi connectivity index (χ0) is 26.1. The second-order valence-corrected chi connectivity index (χ2v) is 10.9. The molecular weight excluding hydrogens is 448 g/mol. The fourth-order valence-corrected chi connectivity index (χ4v) is 5.35. The molecule has 0 aliphatic heterocycles. The molecule has 0 unspecified atom stereocenters. The van der Waals surface area contributed by atoms with Gasteiger partial charge in [-0.25, -0.2) is 0 Å². The summed E-state index contributed by atoms with van der Waals surface area (Å²) in [6, 6.07) is 25.8. The first-order valence-corrected chi connectivity index (χ1v) is 15.0. The summed E-state index contributed by atoms with van der Waals surface area (Å²) in [4.78, 5) is 0. The van der Waals surface area contributed by atoms with Gasteiger partial charge in [0.25, 0.3) is 0 Å². The van der Waals surface area contributed by atoms with Gasteiger partial charge in [-0.05, 0) is 59.4 Å². The molecule has 3 rings (SSSR count). The molecule has 2 nitrogen and oxygen atoms in total. The van der Waals surface area contributed by atoms with Crippen molar-refractivity contribution in [3.05, 3.63) is 95.1 Å². The van der Waals surface area contributed by atoms with Gasteiger partial charge in [0.2, 0.25) is 0 Å². The molecule has 0 amide bonds. The first-order valence-electron chi connectivity index (χ1n) is 15.0. The Kier molecular flexibility index (Phi) is 13.2. The van der Waals surface area contributed by atoms with E-state index in [1.54, 1.807) is 0 Å². The maximum atomic E-state index is 5.95. The number of aryl methyl sites for hydroxylation is 1. The van der Waals surface area contributed by atoms with E-state index < -0.39 is 0 Å². The normalized spacial score (nSPS) is 11.3. The number of rotatable bonds is 18. The summed E-state index contributed by atoms with van der Waals surface area (Å²) in [6.45, 7) is 2.29. The highest BCUT2D eigenvalue weighted by Gasteiger charge is 2.16. The molecule has 200 valence electrons. The molecule has 0 radical (unpaired) electrons. The van der Waals surface area contributed by atoms with E-state index in [-0.39, 0.29) is 5.92 Å². The van der Waals surface area contributed by atoms with Crippen molar-refractivity contribution in [3.63, 3.8) is 0 Å². The number of anilines is 2. The van der Waals surface area contributed by atoms with Crippen molar-refractivity contribution in [2.45, 2.75) is 109 Å². The van der Waals surface area contributed by atoms with E-state index in [0.29, 0.717) is 0 Å². The Hall–Kier alpha value is -2.74. The highest BCUT2D eigenvalue weighted by Crippen LogP contribution is 2.33. The highest BCUT2D eigenvalue weighted by molar-refractivity contribution is 5.50. The molecule has 4 N–H and O–H groups in total. The van der Waals surface area contributed by atoms with Crippen molar-refractivity contribution in [1.29, 1.82) is 0 Å². The Labute approximate surface area is 226 Å². The molecule has 0 aromatic heterocycles. The Morgan fingerprint density at radius 3 is 1.14 bits per heavy atom. The summed E-state index contributed by atoms with van der Waals surface area (Å²) in [5.41, 5.74) is 18.7. The minimum Gasteiger partial charge on any atom is -0.399 e. The van der Waals surface area contributed by atoms with Gasteiger partial charge in [0, 0.05) is 17.3 Å². The summed E-state index contributed by atoms with van der Waals surface area (Å²) < 4.78 is 0. The molecule has 0 aliphatic carbocycles. The molecule has 37 heavy (non-hydrogen) atoms. The summed E-state index contributed by atoms with van der Waals surface area (Å²) >= 11 is 0. The monoisotopic (exact) mass is 498 g/mol. The fourth-order valence-electron chi connectivity index (χ4n) is 5.35. The summed E-state index contributed by atoms with van der Waals surface area (Å²) in [5, 5.41) is 0. The largest absolute Gasteiger partial charge is 0.399 e. The van der Waals surface area contributed by atoms with Crippen LogP contribution in [-0.2, 0) is 6.42 Å². The summed E-state index contributed by atoms with van der Waals surface area (Å²) in [5.74, 6) is 0.177. The van der Waals surface area contributed by atoms with E-state index in [9.17, 15) is 0 Å². The third kappa shape index (κ3) is 10.6. The van der Waals surface area contributed by atoms with Gasteiger partial charge in [-0.2, -0.15) is 0 Å². The molecule has 0 saturated carbocycles. The number of nitrogen functional groups attached to an aromatic ring is 2. The van der Waals surface area contributed by atoms with Gasteiger partial charge < -0.3 is 11.5 Å². The predicted octanol–water partition coefficient (Wildman–Crippen LogP) is 10.1. The van der Waals surface area contributed by atoms with E-state index in [1.165, 1.54) is 119 Å². The maximum absolute atomic E-state index is 5.95. The van der Waals surface area contributed by atoms with Gasteiger partial charge in [-0.15, -0.1) is 0 Å². The minimum atomic E-state index is 0.177. The van der Waals surface area contributed by atoms with Crippen LogP contribution in [0.1, 0.15) is 125 Å². The van der Waals surface area contributed by atoms with Crippen molar-refractivity contribution in [3.8, 4) is 0 Å². The van der Waals surface area contributed by atoms with Crippen LogP contribution in [0.5, 0.6) is 0 Å². The zero-order valence-electron chi connectivity index (χ0n) is 23.3. The number of hydrogen-bond acceptors (Lipinski definition) is 2. The van der Waals surface area contributed by atoms with E-state index in [0.717, 1.165) is 11.4 Å². The second kappa shape index (κ2) is 16.9. The van der Waals surface area contributed by atoms with Gasteiger partial charge in [0.05, 0.1) is 0 Å². The molecule has 0 aliphatic rings. The second-order valence-electron chi connectivity index (χ2n) is 10.9. The Balaban J connectivity index is 1.37. The Morgan fingerprint density at radius 2 is 0.757 bits per heavy atom. The lowest BCUT2D eigenvalue weighted by molar-refractivity contribution is 0.535. The third-order valence-corrected chi connectivity index (χ3v) is 7.67. The quantitative estimate of drug-likeness (QED) is 0.104. The van der Waals surface area contributed by atoms with Crippen molar-refractivity contribution in [1.82, 2.24) is 0 Å². The van der Waals surface area contributed by atoms with E-state index in [2.05, 4.69) is 55.5 Å². The zero-order valence-corrected chi connectivity index (χ0v) is 23.3.